The predicted molar refractivity (Wildman–Crippen MR) is 129 cm³/mol. The predicted octanol–water partition coefficient (Wildman–Crippen LogP) is 1.79. The normalized spacial score (nSPS) is 14.4. The summed E-state index contributed by atoms with van der Waals surface area (Å²) in [6, 6.07) is 0.0688. The third kappa shape index (κ3) is 5.88. The molecule has 0 radical (unpaired) electrons. The van der Waals surface area contributed by atoms with Crippen LogP contribution in [0.5, 0.6) is 5.75 Å². The Labute approximate surface area is 195 Å². The summed E-state index contributed by atoms with van der Waals surface area (Å²) in [6.07, 6.45) is 4.27. The number of morpholine rings is 1. The van der Waals surface area contributed by atoms with Crippen LogP contribution in [-0.4, -0.2) is 78.8 Å². The van der Waals surface area contributed by atoms with E-state index >= 15 is 0 Å². The van der Waals surface area contributed by atoms with Crippen LogP contribution in [0.4, 0.5) is 17.5 Å². The van der Waals surface area contributed by atoms with Crippen molar-refractivity contribution in [3.63, 3.8) is 0 Å². The number of carbonyl (C=O) groups excluding carboxylic acids is 1. The van der Waals surface area contributed by atoms with Crippen molar-refractivity contribution in [3.8, 4) is 5.75 Å². The number of nitrogens with two attached hydrogens (primary N) is 1. The molecule has 10 heteroatoms. The van der Waals surface area contributed by atoms with Crippen molar-refractivity contribution < 1.29 is 14.3 Å². The number of nitrogens with zero attached hydrogens (tertiary/aromatic N) is 6. The van der Waals surface area contributed by atoms with E-state index in [1.165, 1.54) is 0 Å². The number of anilines is 3. The minimum atomic E-state index is 0.0688. The summed E-state index contributed by atoms with van der Waals surface area (Å²) in [5, 5.41) is 0. The third-order valence-corrected chi connectivity index (χ3v) is 5.93. The molecule has 0 saturated carbocycles. The maximum atomic E-state index is 12.1. The average Bonchev–Trinajstić information content (AvgIpc) is 2.80. The SMILES string of the molecule is COc1c(C)cnc(CN(c2nc(N)ncc2N(C=O)CCN2CCOCC2)C(C)C)c1C. The number of rotatable bonds is 10. The zero-order valence-corrected chi connectivity index (χ0v) is 20.2. The molecule has 1 aliphatic heterocycles. The number of aryl methyl sites for hydroxylation is 1. The Kier molecular flexibility index (Phi) is 8.40. The Morgan fingerprint density at radius 2 is 1.97 bits per heavy atom. The van der Waals surface area contributed by atoms with Gasteiger partial charge in [0.15, 0.2) is 5.82 Å². The number of aromatic nitrogens is 3. The number of ether oxygens (including phenoxy) is 2. The third-order valence-electron chi connectivity index (χ3n) is 5.93. The molecular formula is C23H35N7O3. The van der Waals surface area contributed by atoms with Gasteiger partial charge in [-0.15, -0.1) is 0 Å². The smallest absolute Gasteiger partial charge is 0.222 e. The van der Waals surface area contributed by atoms with Gasteiger partial charge in [-0.2, -0.15) is 4.98 Å². The van der Waals surface area contributed by atoms with Crippen molar-refractivity contribution in [1.82, 2.24) is 19.9 Å². The van der Waals surface area contributed by atoms with Gasteiger partial charge in [0.2, 0.25) is 12.4 Å². The number of carbonyl (C=O) groups is 1. The molecule has 1 amide bonds. The van der Waals surface area contributed by atoms with Gasteiger partial charge < -0.3 is 25.0 Å². The Morgan fingerprint density at radius 1 is 1.24 bits per heavy atom. The highest BCUT2D eigenvalue weighted by molar-refractivity contribution is 5.82. The molecule has 1 aliphatic rings. The van der Waals surface area contributed by atoms with E-state index in [2.05, 4.69) is 38.6 Å². The zero-order chi connectivity index (χ0) is 24.0. The standard InChI is InChI=1S/C23H35N7O3/c1-16(2)30(14-19-18(4)21(32-5)17(3)12-25-19)22-20(13-26-23(24)27-22)29(15-31)7-6-28-8-10-33-11-9-28/h12-13,15-16H,6-11,14H2,1-5H3,(H2,24,26,27). The van der Waals surface area contributed by atoms with Crippen molar-refractivity contribution in [1.29, 1.82) is 0 Å². The first-order valence-electron chi connectivity index (χ1n) is 11.3. The van der Waals surface area contributed by atoms with Gasteiger partial charge in [0.25, 0.3) is 0 Å². The quantitative estimate of drug-likeness (QED) is 0.534. The van der Waals surface area contributed by atoms with Crippen LogP contribution >= 0.6 is 0 Å². The lowest BCUT2D eigenvalue weighted by atomic mass is 10.1. The molecule has 0 unspecified atom stereocenters. The summed E-state index contributed by atoms with van der Waals surface area (Å²) >= 11 is 0. The highest BCUT2D eigenvalue weighted by atomic mass is 16.5. The fourth-order valence-corrected chi connectivity index (χ4v) is 3.99. The molecule has 0 aromatic carbocycles. The van der Waals surface area contributed by atoms with Crippen LogP contribution in [0.15, 0.2) is 12.4 Å². The van der Waals surface area contributed by atoms with Crippen molar-refractivity contribution in [2.75, 3.05) is 62.0 Å². The van der Waals surface area contributed by atoms with Crippen molar-refractivity contribution in [2.24, 2.45) is 0 Å². The van der Waals surface area contributed by atoms with Crippen molar-refractivity contribution in [2.45, 2.75) is 40.3 Å². The average molecular weight is 458 g/mol. The molecule has 2 aromatic heterocycles. The summed E-state index contributed by atoms with van der Waals surface area (Å²) in [7, 11) is 1.67. The summed E-state index contributed by atoms with van der Waals surface area (Å²) < 4.78 is 11.0. The second kappa shape index (κ2) is 11.2. The number of nitrogen functional groups attached to an aromatic ring is 1. The van der Waals surface area contributed by atoms with Crippen LogP contribution in [0.1, 0.15) is 30.7 Å². The van der Waals surface area contributed by atoms with Gasteiger partial charge in [-0.3, -0.25) is 14.7 Å². The molecule has 1 saturated heterocycles. The monoisotopic (exact) mass is 457 g/mol. The van der Waals surface area contributed by atoms with E-state index in [-0.39, 0.29) is 12.0 Å². The molecule has 0 aliphatic carbocycles. The van der Waals surface area contributed by atoms with E-state index < -0.39 is 0 Å². The molecule has 2 N–H and O–H groups in total. The number of pyridine rings is 1. The topological polar surface area (TPSA) is 110 Å². The van der Waals surface area contributed by atoms with Crippen molar-refractivity contribution in [3.05, 3.63) is 29.2 Å². The highest BCUT2D eigenvalue weighted by Crippen LogP contribution is 2.31. The van der Waals surface area contributed by atoms with Crippen LogP contribution in [0.25, 0.3) is 0 Å². The highest BCUT2D eigenvalue weighted by Gasteiger charge is 2.24. The fraction of sp³-hybridized carbons (Fsp3) is 0.565. The van der Waals surface area contributed by atoms with Gasteiger partial charge in [-0.1, -0.05) is 0 Å². The Morgan fingerprint density at radius 3 is 2.61 bits per heavy atom. The van der Waals surface area contributed by atoms with Crippen LogP contribution in [0.2, 0.25) is 0 Å². The number of hydrogen-bond donors (Lipinski definition) is 1. The van der Waals surface area contributed by atoms with Gasteiger partial charge in [-0.25, -0.2) is 4.98 Å². The molecule has 0 atom stereocenters. The molecular weight excluding hydrogens is 422 g/mol. The van der Waals surface area contributed by atoms with E-state index in [0.29, 0.717) is 37.8 Å². The van der Waals surface area contributed by atoms with E-state index in [1.807, 2.05) is 20.0 Å². The van der Waals surface area contributed by atoms with Crippen LogP contribution in [0, 0.1) is 13.8 Å². The second-order valence-corrected chi connectivity index (χ2v) is 8.46. The summed E-state index contributed by atoms with van der Waals surface area (Å²) in [6.45, 7) is 13.0. The molecule has 3 heterocycles. The van der Waals surface area contributed by atoms with Crippen molar-refractivity contribution >= 4 is 23.9 Å². The Bertz CT molecular complexity index is 948. The van der Waals surface area contributed by atoms with Gasteiger partial charge in [0, 0.05) is 49.5 Å². The van der Waals surface area contributed by atoms with E-state index in [9.17, 15) is 4.79 Å². The zero-order valence-electron chi connectivity index (χ0n) is 20.2. The lowest BCUT2D eigenvalue weighted by Gasteiger charge is -2.33. The number of methoxy groups -OCH3 is 1. The molecule has 33 heavy (non-hydrogen) atoms. The summed E-state index contributed by atoms with van der Waals surface area (Å²) in [5.41, 5.74) is 9.43. The second-order valence-electron chi connectivity index (χ2n) is 8.46. The van der Waals surface area contributed by atoms with E-state index in [1.54, 1.807) is 18.2 Å². The first kappa shape index (κ1) is 24.7. The molecule has 0 spiro atoms. The van der Waals surface area contributed by atoms with E-state index in [0.717, 1.165) is 48.6 Å². The maximum absolute atomic E-state index is 12.1. The molecule has 3 rings (SSSR count). The lowest BCUT2D eigenvalue weighted by Crippen LogP contribution is -2.42. The summed E-state index contributed by atoms with van der Waals surface area (Å²) in [4.78, 5) is 31.5. The molecule has 2 aromatic rings. The van der Waals surface area contributed by atoms with Crippen LogP contribution in [-0.2, 0) is 16.1 Å². The lowest BCUT2D eigenvalue weighted by molar-refractivity contribution is -0.107. The molecule has 180 valence electrons. The van der Waals surface area contributed by atoms with Crippen LogP contribution in [0.3, 0.4) is 0 Å². The van der Waals surface area contributed by atoms with Gasteiger partial charge in [0.05, 0.1) is 38.8 Å². The summed E-state index contributed by atoms with van der Waals surface area (Å²) in [5.74, 6) is 1.59. The van der Waals surface area contributed by atoms with Gasteiger partial charge in [-0.05, 0) is 27.7 Å². The molecule has 10 nitrogen and oxygen atoms in total. The largest absolute Gasteiger partial charge is 0.496 e. The first-order chi connectivity index (χ1) is 15.8. The van der Waals surface area contributed by atoms with Gasteiger partial charge in [0.1, 0.15) is 11.4 Å². The Hall–Kier alpha value is -2.98. The first-order valence-corrected chi connectivity index (χ1v) is 11.3. The maximum Gasteiger partial charge on any atom is 0.222 e. The molecule has 1 fully saturated rings. The fourth-order valence-electron chi connectivity index (χ4n) is 3.99. The minimum Gasteiger partial charge on any atom is -0.496 e. The Balaban J connectivity index is 1.91. The molecule has 0 bridgehead atoms. The number of amides is 1. The van der Waals surface area contributed by atoms with E-state index in [4.69, 9.17) is 15.2 Å². The van der Waals surface area contributed by atoms with Crippen LogP contribution < -0.4 is 20.3 Å². The number of hydrogen-bond acceptors (Lipinski definition) is 9. The van der Waals surface area contributed by atoms with Gasteiger partial charge >= 0.3 is 0 Å². The minimum absolute atomic E-state index is 0.0688.